The van der Waals surface area contributed by atoms with Gasteiger partial charge in [-0.05, 0) is 36.7 Å². The van der Waals surface area contributed by atoms with Crippen molar-refractivity contribution >= 4 is 14.1 Å². The number of aliphatic hydroxyl groups is 1. The van der Waals surface area contributed by atoms with Crippen LogP contribution in [0.25, 0.3) is 0 Å². The van der Waals surface area contributed by atoms with Gasteiger partial charge in [0.15, 0.2) is 14.1 Å². The molecule has 0 aromatic carbocycles. The molecule has 1 aliphatic carbocycles. The zero-order valence-corrected chi connectivity index (χ0v) is 12.5. The molecule has 0 bridgehead atoms. The zero-order valence-electron chi connectivity index (χ0n) is 11.5. The molecular weight excluding hydrogens is 232 g/mol. The lowest BCUT2D eigenvalue weighted by molar-refractivity contribution is -0.116. The number of ketones is 1. The Morgan fingerprint density at radius 1 is 1.47 bits per heavy atom. The predicted molar refractivity (Wildman–Crippen MR) is 71.5 cm³/mol. The molecule has 0 saturated carbocycles. The zero-order chi connectivity index (χ0) is 13.3. The van der Waals surface area contributed by atoms with Gasteiger partial charge in [-0.25, -0.2) is 0 Å². The van der Waals surface area contributed by atoms with Gasteiger partial charge in [-0.2, -0.15) is 0 Å². The lowest BCUT2D eigenvalue weighted by Gasteiger charge is -2.39. The van der Waals surface area contributed by atoms with Crippen LogP contribution in [-0.4, -0.2) is 31.4 Å². The van der Waals surface area contributed by atoms with Gasteiger partial charge in [-0.3, -0.25) is 4.79 Å². The molecule has 0 amide bonds. The maximum atomic E-state index is 11.1. The highest BCUT2D eigenvalue weighted by Crippen LogP contribution is 2.37. The largest absolute Gasteiger partial charge is 0.414 e. The Morgan fingerprint density at radius 2 is 2.06 bits per heavy atom. The normalized spacial score (nSPS) is 26.4. The second-order valence-corrected chi connectivity index (χ2v) is 11.3. The van der Waals surface area contributed by atoms with E-state index in [1.165, 1.54) is 6.08 Å². The first-order chi connectivity index (χ1) is 7.56. The summed E-state index contributed by atoms with van der Waals surface area (Å²) >= 11 is 0. The molecule has 0 radical (unpaired) electrons. The van der Waals surface area contributed by atoms with E-state index >= 15 is 0 Å². The van der Waals surface area contributed by atoms with Crippen molar-refractivity contribution in [3.05, 3.63) is 12.2 Å². The summed E-state index contributed by atoms with van der Waals surface area (Å²) in [5.74, 6) is 0.0852. The van der Waals surface area contributed by atoms with E-state index < -0.39 is 13.9 Å². The fraction of sp³-hybridized carbons (Fsp3) is 0.769. The molecule has 1 N–H and O–H groups in total. The molecule has 0 spiro atoms. The number of rotatable bonds is 3. The Bertz CT molecular complexity index is 328. The Morgan fingerprint density at radius 3 is 2.47 bits per heavy atom. The minimum Gasteiger partial charge on any atom is -0.414 e. The Hall–Kier alpha value is -0.453. The number of carbonyl (C=O) groups excluding carboxylic acids is 1. The molecule has 0 fully saturated rings. The van der Waals surface area contributed by atoms with Crippen molar-refractivity contribution in [2.45, 2.75) is 57.3 Å². The first-order valence-corrected chi connectivity index (χ1v) is 9.05. The van der Waals surface area contributed by atoms with Gasteiger partial charge in [0, 0.05) is 6.42 Å². The average Bonchev–Trinajstić information content (AvgIpc) is 2.19. The van der Waals surface area contributed by atoms with Gasteiger partial charge in [-0.15, -0.1) is 0 Å². The van der Waals surface area contributed by atoms with Crippen LogP contribution in [0.15, 0.2) is 12.2 Å². The maximum absolute atomic E-state index is 11.1. The van der Waals surface area contributed by atoms with Gasteiger partial charge in [0.2, 0.25) is 0 Å². The third-order valence-electron chi connectivity index (χ3n) is 3.87. The van der Waals surface area contributed by atoms with Gasteiger partial charge in [0.25, 0.3) is 0 Å². The van der Waals surface area contributed by atoms with Crippen molar-refractivity contribution in [3.63, 3.8) is 0 Å². The van der Waals surface area contributed by atoms with Gasteiger partial charge < -0.3 is 9.53 Å². The van der Waals surface area contributed by atoms with Crippen LogP contribution in [0.4, 0.5) is 0 Å². The standard InChI is InChI=1S/C13H24O3Si/c1-12(2,3)17(4,5)16-10-13(15)8-6-11(14)7-9-13/h6,8,15H,7,9-10H2,1-5H3/t13-/m0/s1. The van der Waals surface area contributed by atoms with Crippen molar-refractivity contribution in [1.82, 2.24) is 0 Å². The van der Waals surface area contributed by atoms with E-state index in [1.807, 2.05) is 0 Å². The van der Waals surface area contributed by atoms with Crippen LogP contribution in [0.3, 0.4) is 0 Å². The summed E-state index contributed by atoms with van der Waals surface area (Å²) < 4.78 is 6.00. The van der Waals surface area contributed by atoms with Gasteiger partial charge in [-0.1, -0.05) is 20.8 Å². The SMILES string of the molecule is CC(C)(C)[Si](C)(C)OC[C@]1(O)C=CC(=O)CC1. The fourth-order valence-corrected chi connectivity index (χ4v) is 2.44. The predicted octanol–water partition coefficient (Wildman–Crippen LogP) is 2.66. The van der Waals surface area contributed by atoms with E-state index in [0.29, 0.717) is 19.4 Å². The van der Waals surface area contributed by atoms with Crippen LogP contribution >= 0.6 is 0 Å². The third-order valence-corrected chi connectivity index (χ3v) is 8.35. The molecule has 1 atom stereocenters. The number of allylic oxidation sites excluding steroid dienone is 1. The van der Waals surface area contributed by atoms with E-state index in [2.05, 4.69) is 33.9 Å². The van der Waals surface area contributed by atoms with Crippen LogP contribution < -0.4 is 0 Å². The third kappa shape index (κ3) is 3.76. The van der Waals surface area contributed by atoms with Crippen molar-refractivity contribution < 1.29 is 14.3 Å². The van der Waals surface area contributed by atoms with E-state index in [0.717, 1.165) is 0 Å². The molecule has 98 valence electrons. The molecule has 0 unspecified atom stereocenters. The second-order valence-electron chi connectivity index (χ2n) is 6.45. The van der Waals surface area contributed by atoms with E-state index in [1.54, 1.807) is 6.08 Å². The topological polar surface area (TPSA) is 46.5 Å². The molecule has 17 heavy (non-hydrogen) atoms. The molecule has 0 aliphatic heterocycles. The van der Waals surface area contributed by atoms with E-state index in [9.17, 15) is 9.90 Å². The first kappa shape index (κ1) is 14.6. The smallest absolute Gasteiger partial charge is 0.192 e. The maximum Gasteiger partial charge on any atom is 0.192 e. The number of hydrogen-bond acceptors (Lipinski definition) is 3. The van der Waals surface area contributed by atoms with Crippen LogP contribution in [0.1, 0.15) is 33.6 Å². The van der Waals surface area contributed by atoms with Crippen molar-refractivity contribution in [2.24, 2.45) is 0 Å². The second kappa shape index (κ2) is 4.67. The van der Waals surface area contributed by atoms with Crippen LogP contribution in [-0.2, 0) is 9.22 Å². The lowest BCUT2D eigenvalue weighted by Crippen LogP contribution is -2.46. The van der Waals surface area contributed by atoms with Crippen molar-refractivity contribution in [2.75, 3.05) is 6.61 Å². The Balaban J connectivity index is 2.62. The minimum atomic E-state index is -1.83. The molecule has 0 aromatic rings. The Kier molecular flexibility index (Phi) is 4.01. The lowest BCUT2D eigenvalue weighted by atomic mass is 9.91. The van der Waals surface area contributed by atoms with E-state index in [-0.39, 0.29) is 10.8 Å². The summed E-state index contributed by atoms with van der Waals surface area (Å²) in [5.41, 5.74) is -0.955. The first-order valence-electron chi connectivity index (χ1n) is 6.14. The molecule has 4 heteroatoms. The van der Waals surface area contributed by atoms with E-state index in [4.69, 9.17) is 4.43 Å². The fourth-order valence-electron chi connectivity index (χ4n) is 1.40. The quantitative estimate of drug-likeness (QED) is 0.790. The molecule has 1 aliphatic rings. The van der Waals surface area contributed by atoms with Gasteiger partial charge in [0.05, 0.1) is 6.61 Å². The molecule has 1 rings (SSSR count). The summed E-state index contributed by atoms with van der Waals surface area (Å²) in [4.78, 5) is 11.1. The summed E-state index contributed by atoms with van der Waals surface area (Å²) in [6.45, 7) is 11.1. The minimum absolute atomic E-state index is 0.0852. The molecule has 0 heterocycles. The summed E-state index contributed by atoms with van der Waals surface area (Å²) in [6, 6.07) is 0. The average molecular weight is 256 g/mol. The van der Waals surface area contributed by atoms with Crippen LogP contribution in [0.2, 0.25) is 18.1 Å². The number of carbonyl (C=O) groups is 1. The van der Waals surface area contributed by atoms with Crippen molar-refractivity contribution in [1.29, 1.82) is 0 Å². The summed E-state index contributed by atoms with van der Waals surface area (Å²) in [7, 11) is -1.83. The number of hydrogen-bond donors (Lipinski definition) is 1. The monoisotopic (exact) mass is 256 g/mol. The highest BCUT2D eigenvalue weighted by Gasteiger charge is 2.39. The molecule has 3 nitrogen and oxygen atoms in total. The highest BCUT2D eigenvalue weighted by molar-refractivity contribution is 6.74. The summed E-state index contributed by atoms with van der Waals surface area (Å²) in [6.07, 6.45) is 3.94. The molecule has 0 aromatic heterocycles. The Labute approximate surface area is 105 Å². The van der Waals surface area contributed by atoms with Gasteiger partial charge in [0.1, 0.15) is 5.60 Å². The van der Waals surface area contributed by atoms with Crippen molar-refractivity contribution in [3.8, 4) is 0 Å². The molecular formula is C13H24O3Si. The highest BCUT2D eigenvalue weighted by atomic mass is 28.4. The van der Waals surface area contributed by atoms with Crippen LogP contribution in [0.5, 0.6) is 0 Å². The molecule has 0 saturated heterocycles. The van der Waals surface area contributed by atoms with Crippen LogP contribution in [0, 0.1) is 0 Å². The summed E-state index contributed by atoms with van der Waals surface area (Å²) in [5, 5.41) is 10.4. The van der Waals surface area contributed by atoms with Gasteiger partial charge >= 0.3 is 0 Å².